The van der Waals surface area contributed by atoms with Crippen LogP contribution >= 0.6 is 35.2 Å². The van der Waals surface area contributed by atoms with Gasteiger partial charge in [-0.1, -0.05) is 11.6 Å². The van der Waals surface area contributed by atoms with E-state index in [1.54, 1.807) is 18.4 Å². The van der Waals surface area contributed by atoms with Crippen LogP contribution in [0.4, 0.5) is 0 Å². The Balaban J connectivity index is 1.70. The highest BCUT2D eigenvalue weighted by Gasteiger charge is 2.19. The van der Waals surface area contributed by atoms with Crippen LogP contribution in [0, 0.1) is 0 Å². The maximum atomic E-state index is 5.96. The third-order valence-corrected chi connectivity index (χ3v) is 4.87. The van der Waals surface area contributed by atoms with Crippen molar-refractivity contribution in [1.82, 2.24) is 15.1 Å². The van der Waals surface area contributed by atoms with Crippen molar-refractivity contribution in [3.63, 3.8) is 0 Å². The lowest BCUT2D eigenvalue weighted by Crippen LogP contribution is -2.51. The first-order valence-corrected chi connectivity index (χ1v) is 8.27. The molecule has 0 unspecified atom stereocenters. The molecule has 1 fully saturated rings. The van der Waals surface area contributed by atoms with Gasteiger partial charge in [0.2, 0.25) is 0 Å². The molecule has 1 aromatic rings. The maximum Gasteiger partial charge on any atom is 0.169 e. The van der Waals surface area contributed by atoms with Crippen molar-refractivity contribution in [3.05, 3.63) is 21.3 Å². The average Bonchev–Trinajstić information content (AvgIpc) is 2.85. The van der Waals surface area contributed by atoms with Gasteiger partial charge in [0.25, 0.3) is 0 Å². The smallest absolute Gasteiger partial charge is 0.169 e. The van der Waals surface area contributed by atoms with Crippen molar-refractivity contribution >= 4 is 40.3 Å². The highest BCUT2D eigenvalue weighted by Crippen LogP contribution is 2.23. The molecule has 7 heteroatoms. The summed E-state index contributed by atoms with van der Waals surface area (Å²) < 4.78 is 5.87. The molecule has 2 heterocycles. The first kappa shape index (κ1) is 16.0. The molecule has 0 radical (unpaired) electrons. The Bertz CT molecular complexity index is 433. The van der Waals surface area contributed by atoms with Crippen LogP contribution in [0.15, 0.2) is 12.1 Å². The van der Waals surface area contributed by atoms with Crippen LogP contribution in [-0.2, 0) is 11.3 Å². The summed E-state index contributed by atoms with van der Waals surface area (Å²) in [6, 6.07) is 4.07. The first-order chi connectivity index (χ1) is 9.69. The second-order valence-electron chi connectivity index (χ2n) is 4.69. The topological polar surface area (TPSA) is 27.7 Å². The summed E-state index contributed by atoms with van der Waals surface area (Å²) in [7, 11) is 1.69. The summed E-state index contributed by atoms with van der Waals surface area (Å²) in [5, 5.41) is 4.05. The Labute approximate surface area is 134 Å². The number of thiocarbonyl (C=S) groups is 1. The van der Waals surface area contributed by atoms with E-state index in [4.69, 9.17) is 28.6 Å². The van der Waals surface area contributed by atoms with Crippen LogP contribution in [0.5, 0.6) is 0 Å². The number of ether oxygens (including phenoxy) is 1. The van der Waals surface area contributed by atoms with E-state index in [2.05, 4.69) is 21.2 Å². The van der Waals surface area contributed by atoms with Gasteiger partial charge in [-0.3, -0.25) is 4.90 Å². The summed E-state index contributed by atoms with van der Waals surface area (Å²) in [6.07, 6.45) is 0. The summed E-state index contributed by atoms with van der Waals surface area (Å²) in [6.45, 7) is 6.43. The molecule has 4 nitrogen and oxygen atoms in total. The van der Waals surface area contributed by atoms with Crippen LogP contribution in [-0.4, -0.2) is 61.4 Å². The minimum atomic E-state index is 0.680. The minimum absolute atomic E-state index is 0.680. The second kappa shape index (κ2) is 8.14. The number of hydrogen-bond acceptors (Lipinski definition) is 4. The van der Waals surface area contributed by atoms with Crippen LogP contribution in [0.25, 0.3) is 0 Å². The standard InChI is InChI=1S/C13H20ClN3OS2/c1-18-9-4-15-13(19)17-7-5-16(6-8-17)10-11-2-3-12(14)20-11/h2-3H,4-10H2,1H3,(H,15,19). The lowest BCUT2D eigenvalue weighted by molar-refractivity contribution is 0.173. The molecular weight excluding hydrogens is 314 g/mol. The van der Waals surface area contributed by atoms with Crippen molar-refractivity contribution in [2.45, 2.75) is 6.54 Å². The predicted molar refractivity (Wildman–Crippen MR) is 88.7 cm³/mol. The lowest BCUT2D eigenvalue weighted by Gasteiger charge is -2.36. The van der Waals surface area contributed by atoms with Gasteiger partial charge >= 0.3 is 0 Å². The van der Waals surface area contributed by atoms with E-state index in [0.717, 1.165) is 48.7 Å². The fourth-order valence-electron chi connectivity index (χ4n) is 2.14. The quantitative estimate of drug-likeness (QED) is 0.657. The van der Waals surface area contributed by atoms with Gasteiger partial charge in [0.15, 0.2) is 5.11 Å². The van der Waals surface area contributed by atoms with Crippen LogP contribution in [0.3, 0.4) is 0 Å². The van der Waals surface area contributed by atoms with E-state index in [9.17, 15) is 0 Å². The van der Waals surface area contributed by atoms with Crippen LogP contribution in [0.2, 0.25) is 4.34 Å². The third kappa shape index (κ3) is 4.86. The number of methoxy groups -OCH3 is 1. The molecule has 0 saturated carbocycles. The number of piperazine rings is 1. The fourth-order valence-corrected chi connectivity index (χ4v) is 3.55. The summed E-state index contributed by atoms with van der Waals surface area (Å²) in [5.74, 6) is 0. The molecule has 0 aliphatic carbocycles. The van der Waals surface area contributed by atoms with Gasteiger partial charge in [0.1, 0.15) is 0 Å². The monoisotopic (exact) mass is 333 g/mol. The summed E-state index contributed by atoms with van der Waals surface area (Å²) in [4.78, 5) is 5.99. The van der Waals surface area contributed by atoms with Crippen molar-refractivity contribution < 1.29 is 4.74 Å². The predicted octanol–water partition coefficient (Wildman–Crippen LogP) is 2.04. The highest BCUT2D eigenvalue weighted by atomic mass is 35.5. The number of nitrogens with one attached hydrogen (secondary N) is 1. The Hall–Kier alpha value is -0.400. The van der Waals surface area contributed by atoms with Gasteiger partial charge in [-0.15, -0.1) is 11.3 Å². The normalized spacial score (nSPS) is 16.4. The first-order valence-electron chi connectivity index (χ1n) is 6.67. The molecule has 2 rings (SSSR count). The van der Waals surface area contributed by atoms with E-state index in [1.807, 2.05) is 6.07 Å². The third-order valence-electron chi connectivity index (χ3n) is 3.25. The van der Waals surface area contributed by atoms with E-state index >= 15 is 0 Å². The van der Waals surface area contributed by atoms with Gasteiger partial charge in [-0.05, 0) is 24.4 Å². The number of halogens is 1. The van der Waals surface area contributed by atoms with Gasteiger partial charge in [-0.2, -0.15) is 0 Å². The molecule has 1 saturated heterocycles. The zero-order chi connectivity index (χ0) is 14.4. The fraction of sp³-hybridized carbons (Fsp3) is 0.615. The molecule has 0 atom stereocenters. The Morgan fingerprint density at radius 2 is 2.15 bits per heavy atom. The molecule has 1 aliphatic heterocycles. The van der Waals surface area contributed by atoms with Crippen molar-refractivity contribution in [1.29, 1.82) is 0 Å². The molecule has 1 N–H and O–H groups in total. The number of thiophene rings is 1. The largest absolute Gasteiger partial charge is 0.383 e. The minimum Gasteiger partial charge on any atom is -0.383 e. The molecule has 1 aromatic heterocycles. The summed E-state index contributed by atoms with van der Waals surface area (Å²) >= 11 is 13.0. The van der Waals surface area contributed by atoms with Crippen molar-refractivity contribution in [3.8, 4) is 0 Å². The van der Waals surface area contributed by atoms with Gasteiger partial charge in [0, 0.05) is 51.3 Å². The van der Waals surface area contributed by atoms with Gasteiger partial charge < -0.3 is 15.0 Å². The molecule has 0 bridgehead atoms. The van der Waals surface area contributed by atoms with Gasteiger partial charge in [0.05, 0.1) is 10.9 Å². The molecule has 1 aliphatic rings. The Morgan fingerprint density at radius 1 is 1.40 bits per heavy atom. The SMILES string of the molecule is COCCNC(=S)N1CCN(Cc2ccc(Cl)s2)CC1. The van der Waals surface area contributed by atoms with E-state index in [0.29, 0.717) is 6.61 Å². The van der Waals surface area contributed by atoms with Crippen molar-refractivity contribution in [2.75, 3.05) is 46.4 Å². The number of rotatable bonds is 5. The maximum absolute atomic E-state index is 5.96. The zero-order valence-corrected chi connectivity index (χ0v) is 14.0. The number of hydrogen-bond donors (Lipinski definition) is 1. The van der Waals surface area contributed by atoms with Gasteiger partial charge in [-0.25, -0.2) is 0 Å². The van der Waals surface area contributed by atoms with E-state index in [1.165, 1.54) is 4.88 Å². The van der Waals surface area contributed by atoms with Crippen molar-refractivity contribution in [2.24, 2.45) is 0 Å². The Morgan fingerprint density at radius 3 is 2.75 bits per heavy atom. The molecule has 0 spiro atoms. The zero-order valence-electron chi connectivity index (χ0n) is 11.6. The molecule has 20 heavy (non-hydrogen) atoms. The molecular formula is C13H20ClN3OS2. The number of nitrogens with zero attached hydrogens (tertiary/aromatic N) is 2. The average molecular weight is 334 g/mol. The van der Waals surface area contributed by atoms with Crippen LogP contribution in [0.1, 0.15) is 4.88 Å². The Kier molecular flexibility index (Phi) is 6.51. The highest BCUT2D eigenvalue weighted by molar-refractivity contribution is 7.80. The van der Waals surface area contributed by atoms with E-state index in [-0.39, 0.29) is 0 Å². The second-order valence-corrected chi connectivity index (χ2v) is 6.88. The van der Waals surface area contributed by atoms with Crippen LogP contribution < -0.4 is 5.32 Å². The molecule has 0 aromatic carbocycles. The molecule has 112 valence electrons. The summed E-state index contributed by atoms with van der Waals surface area (Å²) in [5.41, 5.74) is 0. The molecule has 0 amide bonds. The van der Waals surface area contributed by atoms with E-state index < -0.39 is 0 Å². The lowest BCUT2D eigenvalue weighted by atomic mass is 10.3.